The molecule has 0 amide bonds. The Morgan fingerprint density at radius 1 is 1.33 bits per heavy atom. The second kappa shape index (κ2) is 2.54. The molecule has 0 fully saturated rings. The zero-order valence-corrected chi connectivity index (χ0v) is 8.68. The summed E-state index contributed by atoms with van der Waals surface area (Å²) >= 11 is 0. The van der Waals surface area contributed by atoms with Crippen molar-refractivity contribution in [3.63, 3.8) is 0 Å². The maximum absolute atomic E-state index is 4.03. The van der Waals surface area contributed by atoms with Crippen molar-refractivity contribution in [2.45, 2.75) is 33.2 Å². The fraction of sp³-hybridized carbons (Fsp3) is 0.600. The summed E-state index contributed by atoms with van der Waals surface area (Å²) in [6.07, 6.45) is 2.10. The molecule has 0 radical (unpaired) electrons. The summed E-state index contributed by atoms with van der Waals surface area (Å²) in [5.74, 6) is 1.06. The van der Waals surface area contributed by atoms with Crippen LogP contribution in [-0.4, -0.2) is 22.4 Å². The van der Waals surface area contributed by atoms with Crippen LogP contribution in [0.15, 0.2) is 24.3 Å². The topological polar surface area (TPSA) is 6.48 Å². The van der Waals surface area contributed by atoms with Crippen molar-refractivity contribution in [2.24, 2.45) is 0 Å². The third-order valence-corrected chi connectivity index (χ3v) is 2.07. The normalized spacial score (nSPS) is 18.8. The Labute approximate surface area is 75.2 Å². The van der Waals surface area contributed by atoms with Crippen molar-refractivity contribution >= 4 is 0 Å². The summed E-state index contributed by atoms with van der Waals surface area (Å²) in [6, 6.07) is 0. The van der Waals surface area contributed by atoms with Gasteiger partial charge in [-0.1, -0.05) is 6.58 Å². The van der Waals surface area contributed by atoms with Crippen molar-refractivity contribution in [3.8, 4) is 0 Å². The van der Waals surface area contributed by atoms with E-state index in [0.717, 1.165) is 5.82 Å². The highest BCUT2D eigenvalue weighted by molar-refractivity contribution is 5.20. The first-order chi connectivity index (χ1) is 5.34. The van der Waals surface area contributed by atoms with E-state index < -0.39 is 0 Å². The predicted molar refractivity (Wildman–Crippen MR) is 52.3 cm³/mol. The van der Waals surface area contributed by atoms with Gasteiger partial charge in [0.05, 0.1) is 0 Å². The molecule has 1 rings (SSSR count). The highest BCUT2D eigenvalue weighted by Crippen LogP contribution is 2.30. The molecule has 12 heavy (non-hydrogen) atoms. The Morgan fingerprint density at radius 3 is 2.00 bits per heavy atom. The van der Waals surface area contributed by atoms with Gasteiger partial charge >= 0.3 is 0 Å². The summed E-state index contributed by atoms with van der Waals surface area (Å²) in [6.45, 7) is 12.7. The van der Waals surface area contributed by atoms with E-state index in [9.17, 15) is 0 Å². The Kier molecular flexibility index (Phi) is 1.94. The van der Waals surface area contributed by atoms with Gasteiger partial charge in [0.15, 0.2) is 0 Å². The maximum Gasteiger partial charge on any atom is 0.105 e. The molecule has 0 aromatic rings. The predicted octanol–water partition coefficient (Wildman–Crippen LogP) is 2.36. The molecular formula is C10H18N2. The van der Waals surface area contributed by atoms with Crippen LogP contribution in [-0.2, 0) is 0 Å². The van der Waals surface area contributed by atoms with E-state index in [1.54, 1.807) is 0 Å². The number of rotatable bonds is 0. The van der Waals surface area contributed by atoms with Crippen LogP contribution in [0.2, 0.25) is 0 Å². The van der Waals surface area contributed by atoms with Crippen LogP contribution in [0, 0.1) is 0 Å². The largest absolute Gasteiger partial charge is 0.336 e. The summed E-state index contributed by atoms with van der Waals surface area (Å²) in [7, 11) is 2.03. The molecule has 0 bridgehead atoms. The summed E-state index contributed by atoms with van der Waals surface area (Å²) in [4.78, 5) is 4.30. The van der Waals surface area contributed by atoms with Crippen LogP contribution in [0.3, 0.4) is 0 Å². The second-order valence-corrected chi connectivity index (χ2v) is 4.30. The molecule has 0 aliphatic carbocycles. The van der Waals surface area contributed by atoms with Gasteiger partial charge < -0.3 is 9.80 Å². The molecule has 0 N–H and O–H groups in total. The van der Waals surface area contributed by atoms with Gasteiger partial charge in [-0.25, -0.2) is 0 Å². The number of hydrogen-bond acceptors (Lipinski definition) is 2. The van der Waals surface area contributed by atoms with Gasteiger partial charge in [-0.3, -0.25) is 0 Å². The third-order valence-electron chi connectivity index (χ3n) is 2.07. The first kappa shape index (κ1) is 9.17. The van der Waals surface area contributed by atoms with E-state index in [0.29, 0.717) is 0 Å². The summed E-state index contributed by atoms with van der Waals surface area (Å²) in [5.41, 5.74) is 1.39. The van der Waals surface area contributed by atoms with Crippen molar-refractivity contribution in [3.05, 3.63) is 24.3 Å². The fourth-order valence-electron chi connectivity index (χ4n) is 1.69. The molecule has 1 heterocycles. The highest BCUT2D eigenvalue weighted by atomic mass is 15.4. The zero-order chi connectivity index (χ0) is 9.52. The maximum atomic E-state index is 4.03. The van der Waals surface area contributed by atoms with Gasteiger partial charge in [-0.15, -0.1) is 0 Å². The Bertz CT molecular complexity index is 233. The van der Waals surface area contributed by atoms with Gasteiger partial charge in [-0.2, -0.15) is 0 Å². The molecule has 0 saturated heterocycles. The average molecular weight is 166 g/mol. The van der Waals surface area contributed by atoms with Crippen LogP contribution in [0.4, 0.5) is 0 Å². The molecule has 0 atom stereocenters. The van der Waals surface area contributed by atoms with Crippen LogP contribution >= 0.6 is 0 Å². The molecule has 1 aliphatic rings. The SMILES string of the molecule is C=C1N(C)C=C(C)N1C(C)(C)C. The fourth-order valence-corrected chi connectivity index (χ4v) is 1.69. The van der Waals surface area contributed by atoms with Gasteiger partial charge in [0.1, 0.15) is 5.82 Å². The smallest absolute Gasteiger partial charge is 0.105 e. The van der Waals surface area contributed by atoms with Crippen LogP contribution in [0.5, 0.6) is 0 Å². The summed E-state index contributed by atoms with van der Waals surface area (Å²) in [5, 5.41) is 0. The van der Waals surface area contributed by atoms with Crippen LogP contribution < -0.4 is 0 Å². The lowest BCUT2D eigenvalue weighted by molar-refractivity contribution is 0.221. The lowest BCUT2D eigenvalue weighted by Gasteiger charge is -2.36. The van der Waals surface area contributed by atoms with E-state index >= 15 is 0 Å². The first-order valence-corrected chi connectivity index (χ1v) is 4.24. The van der Waals surface area contributed by atoms with Crippen molar-refractivity contribution in [1.29, 1.82) is 0 Å². The molecule has 2 nitrogen and oxygen atoms in total. The third kappa shape index (κ3) is 1.33. The minimum atomic E-state index is 0.127. The number of allylic oxidation sites excluding steroid dienone is 1. The lowest BCUT2D eigenvalue weighted by Crippen LogP contribution is -2.38. The molecule has 0 spiro atoms. The summed E-state index contributed by atoms with van der Waals surface area (Å²) < 4.78 is 0. The Hall–Kier alpha value is -0.920. The Morgan fingerprint density at radius 2 is 1.83 bits per heavy atom. The van der Waals surface area contributed by atoms with Crippen LogP contribution in [0.25, 0.3) is 0 Å². The molecule has 0 saturated carbocycles. The van der Waals surface area contributed by atoms with Crippen molar-refractivity contribution in [2.75, 3.05) is 7.05 Å². The van der Waals surface area contributed by atoms with E-state index in [4.69, 9.17) is 0 Å². The molecule has 2 heteroatoms. The van der Waals surface area contributed by atoms with E-state index in [1.165, 1.54) is 5.70 Å². The lowest BCUT2D eigenvalue weighted by atomic mass is 10.1. The second-order valence-electron chi connectivity index (χ2n) is 4.30. The average Bonchev–Trinajstić information content (AvgIpc) is 2.05. The van der Waals surface area contributed by atoms with E-state index in [-0.39, 0.29) is 5.54 Å². The highest BCUT2D eigenvalue weighted by Gasteiger charge is 2.29. The molecule has 0 aromatic heterocycles. The molecule has 0 aromatic carbocycles. The van der Waals surface area contributed by atoms with E-state index in [1.807, 2.05) is 7.05 Å². The molecule has 68 valence electrons. The first-order valence-electron chi connectivity index (χ1n) is 4.24. The van der Waals surface area contributed by atoms with Crippen LogP contribution in [0.1, 0.15) is 27.7 Å². The standard InChI is InChI=1S/C10H18N2/c1-8-7-11(6)9(2)12(8)10(3,4)5/h7H,2H2,1,3-6H3. The van der Waals surface area contributed by atoms with Gasteiger partial charge in [0, 0.05) is 24.5 Å². The quantitative estimate of drug-likeness (QED) is 0.545. The minimum absolute atomic E-state index is 0.127. The van der Waals surface area contributed by atoms with Gasteiger partial charge in [0.2, 0.25) is 0 Å². The monoisotopic (exact) mass is 166 g/mol. The number of hydrogen-bond donors (Lipinski definition) is 0. The zero-order valence-electron chi connectivity index (χ0n) is 8.68. The van der Waals surface area contributed by atoms with E-state index in [2.05, 4.69) is 50.3 Å². The molecule has 0 unspecified atom stereocenters. The molecular weight excluding hydrogens is 148 g/mol. The van der Waals surface area contributed by atoms with Gasteiger partial charge in [0.25, 0.3) is 0 Å². The van der Waals surface area contributed by atoms with Crippen molar-refractivity contribution in [1.82, 2.24) is 9.80 Å². The molecule has 1 aliphatic heterocycles. The Balaban J connectivity index is 2.94. The minimum Gasteiger partial charge on any atom is -0.336 e. The number of nitrogens with zero attached hydrogens (tertiary/aromatic N) is 2. The van der Waals surface area contributed by atoms with Gasteiger partial charge in [-0.05, 0) is 27.7 Å². The van der Waals surface area contributed by atoms with Crippen molar-refractivity contribution < 1.29 is 0 Å².